The zero-order valence-corrected chi connectivity index (χ0v) is 19.2. The summed E-state index contributed by atoms with van der Waals surface area (Å²) in [6.45, 7) is 6.62. The first-order chi connectivity index (χ1) is 16.1. The summed E-state index contributed by atoms with van der Waals surface area (Å²) in [7, 11) is 0. The van der Waals surface area contributed by atoms with Crippen LogP contribution in [0, 0.1) is 20.8 Å². The zero-order valence-electron chi connectivity index (χ0n) is 19.2. The molecule has 6 rings (SSSR count). The predicted octanol–water partition coefficient (Wildman–Crippen LogP) is 8.58. The molecule has 0 amide bonds. The molecule has 6 aromatic rings. The van der Waals surface area contributed by atoms with E-state index in [1.54, 1.807) is 0 Å². The van der Waals surface area contributed by atoms with Gasteiger partial charge >= 0.3 is 0 Å². The number of hydrogen-bond donors (Lipinski definition) is 2. The third kappa shape index (κ3) is 3.02. The molecule has 2 nitrogen and oxygen atoms in total. The monoisotopic (exact) mass is 426 g/mol. The van der Waals surface area contributed by atoms with Gasteiger partial charge in [-0.05, 0) is 55.2 Å². The molecule has 2 aromatic heterocycles. The van der Waals surface area contributed by atoms with Crippen LogP contribution in [0.4, 0.5) is 0 Å². The smallest absolute Gasteiger partial charge is 0.0462 e. The lowest BCUT2D eigenvalue weighted by atomic mass is 9.83. The topological polar surface area (TPSA) is 31.6 Å². The first kappa shape index (κ1) is 19.6. The first-order valence-corrected chi connectivity index (χ1v) is 11.5. The van der Waals surface area contributed by atoms with Gasteiger partial charge in [0.15, 0.2) is 0 Å². The molecule has 2 heteroatoms. The summed E-state index contributed by atoms with van der Waals surface area (Å²) in [5, 5.41) is 2.53. The highest BCUT2D eigenvalue weighted by Gasteiger charge is 2.23. The van der Waals surface area contributed by atoms with Gasteiger partial charge in [0.2, 0.25) is 0 Å². The van der Waals surface area contributed by atoms with Gasteiger partial charge in [0.25, 0.3) is 0 Å². The van der Waals surface area contributed by atoms with Crippen molar-refractivity contribution in [1.82, 2.24) is 9.97 Å². The summed E-state index contributed by atoms with van der Waals surface area (Å²) in [6, 6.07) is 32.6. The molecule has 33 heavy (non-hydrogen) atoms. The predicted molar refractivity (Wildman–Crippen MR) is 141 cm³/mol. The van der Waals surface area contributed by atoms with Crippen molar-refractivity contribution in [1.29, 1.82) is 0 Å². The number of fused-ring (bicyclic) bond motifs is 2. The van der Waals surface area contributed by atoms with Crippen molar-refractivity contribution in [3.8, 4) is 33.4 Å². The molecule has 0 fully saturated rings. The molecule has 4 aromatic carbocycles. The van der Waals surface area contributed by atoms with E-state index in [0.29, 0.717) is 0 Å². The summed E-state index contributed by atoms with van der Waals surface area (Å²) >= 11 is 0. The van der Waals surface area contributed by atoms with Crippen LogP contribution in [-0.2, 0) is 0 Å². The summed E-state index contributed by atoms with van der Waals surface area (Å²) in [4.78, 5) is 7.27. The average molecular weight is 427 g/mol. The Morgan fingerprint density at radius 3 is 1.58 bits per heavy atom. The second kappa shape index (κ2) is 7.53. The van der Waals surface area contributed by atoms with Crippen LogP contribution in [0.3, 0.4) is 0 Å². The van der Waals surface area contributed by atoms with Crippen LogP contribution >= 0.6 is 0 Å². The van der Waals surface area contributed by atoms with Crippen LogP contribution in [0.25, 0.3) is 55.2 Å². The summed E-state index contributed by atoms with van der Waals surface area (Å²) in [5.41, 5.74) is 13.7. The maximum absolute atomic E-state index is 3.64. The molecule has 2 N–H and O–H groups in total. The largest absolute Gasteiger partial charge is 0.358 e. The molecule has 0 saturated heterocycles. The minimum Gasteiger partial charge on any atom is -0.358 e. The van der Waals surface area contributed by atoms with Gasteiger partial charge in [-0.3, -0.25) is 0 Å². The van der Waals surface area contributed by atoms with E-state index in [2.05, 4.69) is 122 Å². The lowest BCUT2D eigenvalue weighted by Crippen LogP contribution is -1.95. The van der Waals surface area contributed by atoms with Crippen LogP contribution in [0.2, 0.25) is 0 Å². The van der Waals surface area contributed by atoms with Gasteiger partial charge in [0.1, 0.15) is 0 Å². The van der Waals surface area contributed by atoms with Gasteiger partial charge in [-0.1, -0.05) is 78.9 Å². The van der Waals surface area contributed by atoms with E-state index in [0.717, 1.165) is 0 Å². The molecule has 0 spiro atoms. The van der Waals surface area contributed by atoms with Crippen LogP contribution in [-0.4, -0.2) is 9.97 Å². The van der Waals surface area contributed by atoms with E-state index < -0.39 is 0 Å². The van der Waals surface area contributed by atoms with Gasteiger partial charge < -0.3 is 9.97 Å². The molecule has 160 valence electrons. The molecule has 0 bridgehead atoms. The highest BCUT2D eigenvalue weighted by molar-refractivity contribution is 6.10. The second-order valence-corrected chi connectivity index (χ2v) is 8.89. The fourth-order valence-corrected chi connectivity index (χ4v) is 5.34. The Hall–Kier alpha value is -4.04. The Balaban J connectivity index is 1.81. The Bertz CT molecular complexity index is 1630. The SMILES string of the molecule is Cc1ccc(-c2ccccc2)c(-c2c(C)[nH]c3ccccc23)c1-c1c(C)[nH]c2ccccc12. The van der Waals surface area contributed by atoms with Crippen molar-refractivity contribution in [3.05, 3.63) is 108 Å². The molecular weight excluding hydrogens is 400 g/mol. The normalized spacial score (nSPS) is 11.5. The number of aryl methyl sites for hydroxylation is 3. The summed E-state index contributed by atoms with van der Waals surface area (Å²) < 4.78 is 0. The van der Waals surface area contributed by atoms with Crippen LogP contribution in [0.15, 0.2) is 91.0 Å². The highest BCUT2D eigenvalue weighted by Crippen LogP contribution is 2.48. The molecular formula is C31H26N2. The average Bonchev–Trinajstić information content (AvgIpc) is 3.34. The second-order valence-electron chi connectivity index (χ2n) is 8.89. The van der Waals surface area contributed by atoms with E-state index >= 15 is 0 Å². The van der Waals surface area contributed by atoms with Crippen molar-refractivity contribution in [2.45, 2.75) is 20.8 Å². The minimum atomic E-state index is 1.17. The molecule has 0 aliphatic carbocycles. The number of nitrogens with one attached hydrogen (secondary N) is 2. The number of benzene rings is 4. The minimum absolute atomic E-state index is 1.17. The van der Waals surface area contributed by atoms with Crippen molar-refractivity contribution in [2.75, 3.05) is 0 Å². The zero-order chi connectivity index (χ0) is 22.5. The van der Waals surface area contributed by atoms with Crippen LogP contribution in [0.5, 0.6) is 0 Å². The van der Waals surface area contributed by atoms with E-state index in [-0.39, 0.29) is 0 Å². The molecule has 2 heterocycles. The lowest BCUT2D eigenvalue weighted by Gasteiger charge is -2.19. The molecule has 0 atom stereocenters. The molecule has 0 unspecified atom stereocenters. The molecule has 0 aliphatic heterocycles. The molecule has 0 saturated carbocycles. The number of H-pyrrole nitrogens is 2. The highest BCUT2D eigenvalue weighted by atomic mass is 14.7. The Kier molecular flexibility index (Phi) is 4.48. The Morgan fingerprint density at radius 1 is 0.455 bits per heavy atom. The van der Waals surface area contributed by atoms with Gasteiger partial charge in [0, 0.05) is 49.9 Å². The number of rotatable bonds is 3. The number of aromatic nitrogens is 2. The number of aromatic amines is 2. The van der Waals surface area contributed by atoms with E-state index in [1.165, 1.54) is 72.1 Å². The van der Waals surface area contributed by atoms with Crippen LogP contribution < -0.4 is 0 Å². The number of hydrogen-bond acceptors (Lipinski definition) is 0. The Morgan fingerprint density at radius 2 is 0.970 bits per heavy atom. The third-order valence-corrected chi connectivity index (χ3v) is 6.79. The summed E-state index contributed by atoms with van der Waals surface area (Å²) in [6.07, 6.45) is 0. The van der Waals surface area contributed by atoms with Gasteiger partial charge in [-0.2, -0.15) is 0 Å². The summed E-state index contributed by atoms with van der Waals surface area (Å²) in [5.74, 6) is 0. The van der Waals surface area contributed by atoms with Crippen molar-refractivity contribution < 1.29 is 0 Å². The quantitative estimate of drug-likeness (QED) is 0.284. The molecule has 0 aliphatic rings. The maximum atomic E-state index is 3.64. The van der Waals surface area contributed by atoms with E-state index in [9.17, 15) is 0 Å². The van der Waals surface area contributed by atoms with Crippen molar-refractivity contribution in [3.63, 3.8) is 0 Å². The Labute approximate surface area is 193 Å². The first-order valence-electron chi connectivity index (χ1n) is 11.5. The molecule has 0 radical (unpaired) electrons. The lowest BCUT2D eigenvalue weighted by molar-refractivity contribution is 1.29. The van der Waals surface area contributed by atoms with Gasteiger partial charge in [-0.15, -0.1) is 0 Å². The van der Waals surface area contributed by atoms with Crippen molar-refractivity contribution >= 4 is 21.8 Å². The maximum Gasteiger partial charge on any atom is 0.0462 e. The third-order valence-electron chi connectivity index (χ3n) is 6.79. The standard InChI is InChI=1S/C31H26N2/c1-19-17-18-23(22-11-5-4-6-12-22)31(30-21(3)33-27-16-10-8-14-25(27)30)28(19)29-20(2)32-26-15-9-7-13-24(26)29/h4-18,32-33H,1-3H3. The fourth-order valence-electron chi connectivity index (χ4n) is 5.34. The fraction of sp³-hybridized carbons (Fsp3) is 0.0968. The number of para-hydroxylation sites is 2. The van der Waals surface area contributed by atoms with Gasteiger partial charge in [0.05, 0.1) is 0 Å². The van der Waals surface area contributed by atoms with Gasteiger partial charge in [-0.25, -0.2) is 0 Å². The van der Waals surface area contributed by atoms with Crippen LogP contribution in [0.1, 0.15) is 17.0 Å². The van der Waals surface area contributed by atoms with E-state index in [4.69, 9.17) is 0 Å². The van der Waals surface area contributed by atoms with E-state index in [1.807, 2.05) is 0 Å². The van der Waals surface area contributed by atoms with Crippen molar-refractivity contribution in [2.24, 2.45) is 0 Å².